The molecule has 0 bridgehead atoms. The van der Waals surface area contributed by atoms with Gasteiger partial charge in [-0.15, -0.1) is 11.8 Å². The van der Waals surface area contributed by atoms with E-state index in [1.165, 1.54) is 11.8 Å². The Hall–Kier alpha value is -2.21. The van der Waals surface area contributed by atoms with E-state index < -0.39 is 11.9 Å². The summed E-state index contributed by atoms with van der Waals surface area (Å²) in [4.78, 5) is 25.6. The third-order valence-corrected chi connectivity index (χ3v) is 4.04. The molecule has 0 saturated heterocycles. The van der Waals surface area contributed by atoms with Crippen LogP contribution < -0.4 is 4.74 Å². The van der Waals surface area contributed by atoms with Crippen molar-refractivity contribution in [2.75, 3.05) is 12.9 Å². The number of hydrogen-bond acceptors (Lipinski definition) is 6. The maximum atomic E-state index is 12.4. The van der Waals surface area contributed by atoms with Crippen LogP contribution in [0.5, 0.6) is 5.75 Å². The number of allylic oxidation sites excluding steroid dienone is 1. The molecule has 1 aromatic carbocycles. The molecule has 6 heteroatoms. The van der Waals surface area contributed by atoms with Gasteiger partial charge in [-0.2, -0.15) is 0 Å². The number of fused-ring (bicyclic) bond motifs is 1. The first-order valence-corrected chi connectivity index (χ1v) is 8.32. The summed E-state index contributed by atoms with van der Waals surface area (Å²) in [6.07, 6.45) is 1.89. The Morgan fingerprint density at radius 2 is 2.04 bits per heavy atom. The molecule has 0 unspecified atom stereocenters. The predicted octanol–water partition coefficient (Wildman–Crippen LogP) is 3.50. The summed E-state index contributed by atoms with van der Waals surface area (Å²) >= 11 is 1.48. The van der Waals surface area contributed by atoms with Crippen molar-refractivity contribution < 1.29 is 24.2 Å². The van der Waals surface area contributed by atoms with E-state index in [-0.39, 0.29) is 34.8 Å². The molecule has 0 atom stereocenters. The Morgan fingerprint density at radius 1 is 1.35 bits per heavy atom. The SMILES string of the molecule is CCOC(=O)C1=C(O)c2ccc(SC)cc2OC(=O)C1=C(C)C. The standard InChI is InChI=1S/C17H18O5S/c1-5-21-16(19)14-13(9(2)3)17(20)22-12-8-10(23-4)6-7-11(12)15(14)18/h6-8,18H,5H2,1-4H3. The molecule has 0 fully saturated rings. The molecule has 0 aromatic heterocycles. The van der Waals surface area contributed by atoms with Gasteiger partial charge in [-0.05, 0) is 45.2 Å². The third-order valence-electron chi connectivity index (χ3n) is 3.32. The molecule has 0 amide bonds. The lowest BCUT2D eigenvalue weighted by Gasteiger charge is -2.10. The van der Waals surface area contributed by atoms with Crippen molar-refractivity contribution in [2.45, 2.75) is 25.7 Å². The van der Waals surface area contributed by atoms with Gasteiger partial charge in [0.05, 0.1) is 17.7 Å². The van der Waals surface area contributed by atoms with Crippen molar-refractivity contribution in [3.63, 3.8) is 0 Å². The summed E-state index contributed by atoms with van der Waals surface area (Å²) in [5.74, 6) is -1.53. The molecule has 0 spiro atoms. The van der Waals surface area contributed by atoms with E-state index in [1.54, 1.807) is 39.0 Å². The quantitative estimate of drug-likeness (QED) is 0.395. The van der Waals surface area contributed by atoms with Crippen LogP contribution in [0.1, 0.15) is 26.3 Å². The van der Waals surface area contributed by atoms with E-state index in [0.717, 1.165) is 4.90 Å². The molecular weight excluding hydrogens is 316 g/mol. The van der Waals surface area contributed by atoms with Crippen LogP contribution in [-0.4, -0.2) is 29.9 Å². The predicted molar refractivity (Wildman–Crippen MR) is 88.4 cm³/mol. The van der Waals surface area contributed by atoms with Crippen molar-refractivity contribution >= 4 is 29.5 Å². The normalized spacial score (nSPS) is 14.1. The molecule has 1 heterocycles. The molecule has 1 aromatic rings. The molecular formula is C17H18O5S. The molecule has 5 nitrogen and oxygen atoms in total. The van der Waals surface area contributed by atoms with Crippen LogP contribution in [0.2, 0.25) is 0 Å². The van der Waals surface area contributed by atoms with E-state index in [0.29, 0.717) is 5.57 Å². The van der Waals surface area contributed by atoms with E-state index in [9.17, 15) is 14.7 Å². The van der Waals surface area contributed by atoms with Crippen molar-refractivity contribution in [2.24, 2.45) is 0 Å². The van der Waals surface area contributed by atoms with Crippen LogP contribution in [-0.2, 0) is 14.3 Å². The number of rotatable bonds is 3. The van der Waals surface area contributed by atoms with Crippen LogP contribution in [0.25, 0.3) is 5.76 Å². The van der Waals surface area contributed by atoms with E-state index in [4.69, 9.17) is 9.47 Å². The molecule has 0 saturated carbocycles. The highest BCUT2D eigenvalue weighted by molar-refractivity contribution is 7.98. The van der Waals surface area contributed by atoms with Gasteiger partial charge in [0.25, 0.3) is 0 Å². The fraction of sp³-hybridized carbons (Fsp3) is 0.294. The highest BCUT2D eigenvalue weighted by atomic mass is 32.2. The Kier molecular flexibility index (Phi) is 5.15. The molecule has 2 rings (SSSR count). The van der Waals surface area contributed by atoms with E-state index in [2.05, 4.69) is 0 Å². The smallest absolute Gasteiger partial charge is 0.344 e. The van der Waals surface area contributed by atoms with Gasteiger partial charge in [0.2, 0.25) is 0 Å². The number of benzene rings is 1. The van der Waals surface area contributed by atoms with Gasteiger partial charge >= 0.3 is 11.9 Å². The first-order chi connectivity index (χ1) is 10.9. The summed E-state index contributed by atoms with van der Waals surface area (Å²) in [6, 6.07) is 5.06. The number of ether oxygens (including phenoxy) is 2. The maximum absolute atomic E-state index is 12.4. The zero-order chi connectivity index (χ0) is 17.1. The summed E-state index contributed by atoms with van der Waals surface area (Å²) in [5.41, 5.74) is 0.716. The van der Waals surface area contributed by atoms with Gasteiger partial charge < -0.3 is 14.6 Å². The number of carbonyl (C=O) groups excluding carboxylic acids is 2. The number of carbonyl (C=O) groups is 2. The minimum absolute atomic E-state index is 0.0304. The zero-order valence-electron chi connectivity index (χ0n) is 13.4. The number of thioether (sulfide) groups is 1. The van der Waals surface area contributed by atoms with E-state index in [1.807, 2.05) is 6.26 Å². The van der Waals surface area contributed by atoms with Crippen LogP contribution >= 0.6 is 11.8 Å². The lowest BCUT2D eigenvalue weighted by molar-refractivity contribution is -0.139. The number of esters is 2. The summed E-state index contributed by atoms with van der Waals surface area (Å²) < 4.78 is 10.4. The zero-order valence-corrected chi connectivity index (χ0v) is 14.2. The number of aliphatic hydroxyl groups is 1. The van der Waals surface area contributed by atoms with Crippen molar-refractivity contribution in [3.05, 3.63) is 40.5 Å². The average molecular weight is 334 g/mol. The highest BCUT2D eigenvalue weighted by Crippen LogP contribution is 2.37. The van der Waals surface area contributed by atoms with Crippen molar-refractivity contribution in [1.29, 1.82) is 0 Å². The third kappa shape index (κ3) is 3.27. The second-order valence-corrected chi connectivity index (χ2v) is 5.95. The Balaban J connectivity index is 2.74. The molecule has 1 N–H and O–H groups in total. The van der Waals surface area contributed by atoms with Gasteiger partial charge in [-0.1, -0.05) is 5.57 Å². The fourth-order valence-corrected chi connectivity index (χ4v) is 2.70. The van der Waals surface area contributed by atoms with Crippen LogP contribution in [0.4, 0.5) is 0 Å². The Bertz CT molecular complexity index is 726. The second kappa shape index (κ2) is 6.91. The van der Waals surface area contributed by atoms with Gasteiger partial charge in [0, 0.05) is 4.90 Å². The van der Waals surface area contributed by atoms with Gasteiger partial charge in [0.15, 0.2) is 0 Å². The van der Waals surface area contributed by atoms with Crippen LogP contribution in [0.3, 0.4) is 0 Å². The minimum atomic E-state index is -0.750. The second-order valence-electron chi connectivity index (χ2n) is 5.07. The number of aliphatic hydroxyl groups excluding tert-OH is 1. The lowest BCUT2D eigenvalue weighted by atomic mass is 9.98. The average Bonchev–Trinajstić information content (AvgIpc) is 2.61. The first-order valence-electron chi connectivity index (χ1n) is 7.09. The molecule has 0 radical (unpaired) electrons. The van der Waals surface area contributed by atoms with Gasteiger partial charge in [0.1, 0.15) is 17.1 Å². The van der Waals surface area contributed by atoms with Crippen LogP contribution in [0.15, 0.2) is 39.8 Å². The highest BCUT2D eigenvalue weighted by Gasteiger charge is 2.33. The largest absolute Gasteiger partial charge is 0.506 e. The molecule has 0 aliphatic carbocycles. The molecule has 1 aliphatic rings. The molecule has 1 aliphatic heterocycles. The van der Waals surface area contributed by atoms with E-state index >= 15 is 0 Å². The van der Waals surface area contributed by atoms with Gasteiger partial charge in [-0.25, -0.2) is 9.59 Å². The minimum Gasteiger partial charge on any atom is -0.506 e. The summed E-state index contributed by atoms with van der Waals surface area (Å²) in [5, 5.41) is 10.6. The topological polar surface area (TPSA) is 72.8 Å². The fourth-order valence-electron chi connectivity index (χ4n) is 2.27. The van der Waals surface area contributed by atoms with Crippen molar-refractivity contribution in [1.82, 2.24) is 0 Å². The monoisotopic (exact) mass is 334 g/mol. The molecule has 122 valence electrons. The Morgan fingerprint density at radius 3 is 2.61 bits per heavy atom. The van der Waals surface area contributed by atoms with Crippen LogP contribution in [0, 0.1) is 0 Å². The summed E-state index contributed by atoms with van der Waals surface area (Å²) in [7, 11) is 0. The first kappa shape index (κ1) is 17.1. The maximum Gasteiger partial charge on any atom is 0.344 e. The lowest BCUT2D eigenvalue weighted by Crippen LogP contribution is -2.19. The molecule has 23 heavy (non-hydrogen) atoms. The summed E-state index contributed by atoms with van der Waals surface area (Å²) in [6.45, 7) is 5.14. The van der Waals surface area contributed by atoms with Crippen molar-refractivity contribution in [3.8, 4) is 5.75 Å². The van der Waals surface area contributed by atoms with Gasteiger partial charge in [-0.3, -0.25) is 0 Å². The Labute approximate surface area is 139 Å². The number of hydrogen-bond donors (Lipinski definition) is 1.